The lowest BCUT2D eigenvalue weighted by atomic mass is 10.1. The molecule has 1 aromatic rings. The summed E-state index contributed by atoms with van der Waals surface area (Å²) in [7, 11) is 0. The molecule has 0 aliphatic rings. The maximum atomic E-state index is 12.6. The van der Waals surface area contributed by atoms with Crippen LogP contribution in [0.1, 0.15) is 32.4 Å². The molecule has 1 aromatic carbocycles. The fourth-order valence-corrected chi connectivity index (χ4v) is 2.08. The quantitative estimate of drug-likeness (QED) is 0.904. The molecule has 0 radical (unpaired) electrons. The first-order chi connectivity index (χ1) is 8.61. The van der Waals surface area contributed by atoms with Crippen molar-refractivity contribution >= 4 is 17.3 Å². The van der Waals surface area contributed by atoms with Gasteiger partial charge in [-0.3, -0.25) is 0 Å². The van der Waals surface area contributed by atoms with E-state index in [0.717, 1.165) is 5.56 Å². The highest BCUT2D eigenvalue weighted by molar-refractivity contribution is 6.33. The molecule has 0 heterocycles. The molecule has 0 spiro atoms. The fraction of sp³-hybridized carbons (Fsp3) is 0.538. The summed E-state index contributed by atoms with van der Waals surface area (Å²) in [6.07, 6.45) is -4.27. The molecule has 0 aliphatic carbocycles. The zero-order valence-electron chi connectivity index (χ0n) is 11.1. The molecular weight excluding hydrogens is 277 g/mol. The van der Waals surface area contributed by atoms with E-state index in [2.05, 4.69) is 0 Å². The van der Waals surface area contributed by atoms with Gasteiger partial charge in [-0.05, 0) is 38.5 Å². The number of alkyl halides is 3. The molecule has 0 bridgehead atoms. The Labute approximate surface area is 116 Å². The monoisotopic (exact) mass is 294 g/mol. The van der Waals surface area contributed by atoms with Crippen LogP contribution >= 0.6 is 11.6 Å². The SMILES string of the molecule is CC(C)N(CC(F)(F)F)c1ccc([C@@H](C)N)cc1Cl. The Morgan fingerprint density at radius 3 is 2.21 bits per heavy atom. The summed E-state index contributed by atoms with van der Waals surface area (Å²) in [6, 6.07) is 4.40. The second kappa shape index (κ2) is 6.01. The highest BCUT2D eigenvalue weighted by Crippen LogP contribution is 2.32. The van der Waals surface area contributed by atoms with E-state index >= 15 is 0 Å². The maximum absolute atomic E-state index is 12.6. The van der Waals surface area contributed by atoms with Crippen molar-refractivity contribution in [3.63, 3.8) is 0 Å². The summed E-state index contributed by atoms with van der Waals surface area (Å²) in [4.78, 5) is 1.23. The number of nitrogens with zero attached hydrogens (tertiary/aromatic N) is 1. The van der Waals surface area contributed by atoms with Crippen LogP contribution in [0.5, 0.6) is 0 Å². The zero-order valence-corrected chi connectivity index (χ0v) is 11.9. The molecule has 0 saturated carbocycles. The van der Waals surface area contributed by atoms with E-state index in [-0.39, 0.29) is 17.1 Å². The third kappa shape index (κ3) is 4.58. The van der Waals surface area contributed by atoms with Crippen molar-refractivity contribution in [3.05, 3.63) is 28.8 Å². The Kier molecular flexibility index (Phi) is 5.10. The van der Waals surface area contributed by atoms with Gasteiger partial charge >= 0.3 is 6.18 Å². The molecule has 0 unspecified atom stereocenters. The van der Waals surface area contributed by atoms with Gasteiger partial charge < -0.3 is 10.6 Å². The van der Waals surface area contributed by atoms with Crippen molar-refractivity contribution in [1.82, 2.24) is 0 Å². The number of hydrogen-bond acceptors (Lipinski definition) is 2. The smallest absolute Gasteiger partial charge is 0.359 e. The highest BCUT2D eigenvalue weighted by Gasteiger charge is 2.32. The van der Waals surface area contributed by atoms with E-state index < -0.39 is 12.7 Å². The normalized spacial score (nSPS) is 13.7. The van der Waals surface area contributed by atoms with Gasteiger partial charge in [0.15, 0.2) is 0 Å². The van der Waals surface area contributed by atoms with Crippen LogP contribution in [0.25, 0.3) is 0 Å². The van der Waals surface area contributed by atoms with E-state index in [9.17, 15) is 13.2 Å². The number of anilines is 1. The molecule has 1 rings (SSSR count). The number of hydrogen-bond donors (Lipinski definition) is 1. The van der Waals surface area contributed by atoms with Crippen LogP contribution in [0.2, 0.25) is 5.02 Å². The van der Waals surface area contributed by atoms with Crippen LogP contribution in [0.15, 0.2) is 18.2 Å². The Bertz CT molecular complexity index is 430. The third-order valence-corrected chi connectivity index (χ3v) is 3.08. The van der Waals surface area contributed by atoms with E-state index in [1.807, 2.05) is 0 Å². The van der Waals surface area contributed by atoms with Crippen LogP contribution in [0, 0.1) is 0 Å². The molecule has 0 aromatic heterocycles. The second-order valence-corrected chi connectivity index (χ2v) is 5.24. The lowest BCUT2D eigenvalue weighted by Gasteiger charge is -2.31. The summed E-state index contributed by atoms with van der Waals surface area (Å²) in [5.74, 6) is 0. The van der Waals surface area contributed by atoms with Gasteiger partial charge in [0.2, 0.25) is 0 Å². The van der Waals surface area contributed by atoms with Crippen LogP contribution < -0.4 is 10.6 Å². The molecule has 0 fully saturated rings. The van der Waals surface area contributed by atoms with E-state index in [1.54, 1.807) is 39.0 Å². The van der Waals surface area contributed by atoms with Crippen molar-refractivity contribution in [1.29, 1.82) is 0 Å². The first-order valence-corrected chi connectivity index (χ1v) is 6.38. The summed E-state index contributed by atoms with van der Waals surface area (Å²) in [5, 5.41) is 0.285. The van der Waals surface area contributed by atoms with Gasteiger partial charge in [0.25, 0.3) is 0 Å². The molecule has 6 heteroatoms. The third-order valence-electron chi connectivity index (χ3n) is 2.78. The van der Waals surface area contributed by atoms with Crippen molar-refractivity contribution < 1.29 is 13.2 Å². The number of benzene rings is 1. The fourth-order valence-electron chi connectivity index (χ4n) is 1.78. The van der Waals surface area contributed by atoms with E-state index in [1.165, 1.54) is 4.90 Å². The Morgan fingerprint density at radius 2 is 1.84 bits per heavy atom. The van der Waals surface area contributed by atoms with Gasteiger partial charge in [0.05, 0.1) is 10.7 Å². The lowest BCUT2D eigenvalue weighted by Crippen LogP contribution is -2.39. The van der Waals surface area contributed by atoms with Gasteiger partial charge in [-0.15, -0.1) is 0 Å². The number of rotatable bonds is 4. The highest BCUT2D eigenvalue weighted by atomic mass is 35.5. The van der Waals surface area contributed by atoms with Crippen LogP contribution in [0.4, 0.5) is 18.9 Å². The molecule has 108 valence electrons. The van der Waals surface area contributed by atoms with E-state index in [0.29, 0.717) is 5.69 Å². The summed E-state index contributed by atoms with van der Waals surface area (Å²) in [5.41, 5.74) is 6.89. The average Bonchev–Trinajstić information content (AvgIpc) is 2.24. The molecule has 0 aliphatic heterocycles. The van der Waals surface area contributed by atoms with E-state index in [4.69, 9.17) is 17.3 Å². The molecule has 0 amide bonds. The topological polar surface area (TPSA) is 29.3 Å². The zero-order chi connectivity index (χ0) is 14.8. The molecule has 19 heavy (non-hydrogen) atoms. The first kappa shape index (κ1) is 16.1. The molecule has 0 saturated heterocycles. The molecular formula is C13H18ClF3N2. The van der Waals surface area contributed by atoms with Gasteiger partial charge in [0.1, 0.15) is 6.54 Å². The van der Waals surface area contributed by atoms with Crippen molar-refractivity contribution in [2.24, 2.45) is 5.73 Å². The van der Waals surface area contributed by atoms with Crippen LogP contribution in [-0.2, 0) is 0 Å². The number of nitrogens with two attached hydrogens (primary N) is 1. The first-order valence-electron chi connectivity index (χ1n) is 6.00. The maximum Gasteiger partial charge on any atom is 0.405 e. The lowest BCUT2D eigenvalue weighted by molar-refractivity contribution is -0.120. The average molecular weight is 295 g/mol. The Hall–Kier alpha value is -0.940. The van der Waals surface area contributed by atoms with Crippen LogP contribution in [-0.4, -0.2) is 18.8 Å². The largest absolute Gasteiger partial charge is 0.405 e. The molecule has 2 N–H and O–H groups in total. The van der Waals surface area contributed by atoms with Gasteiger partial charge in [-0.2, -0.15) is 13.2 Å². The summed E-state index contributed by atoms with van der Waals surface area (Å²) >= 11 is 6.08. The molecule has 2 nitrogen and oxygen atoms in total. The van der Waals surface area contributed by atoms with Gasteiger partial charge in [-0.25, -0.2) is 0 Å². The van der Waals surface area contributed by atoms with Crippen LogP contribution in [0.3, 0.4) is 0 Å². The second-order valence-electron chi connectivity index (χ2n) is 4.84. The predicted molar refractivity (Wildman–Crippen MR) is 72.6 cm³/mol. The van der Waals surface area contributed by atoms with Crippen molar-refractivity contribution in [3.8, 4) is 0 Å². The van der Waals surface area contributed by atoms with Crippen molar-refractivity contribution in [2.45, 2.75) is 39.0 Å². The summed E-state index contributed by atoms with van der Waals surface area (Å²) < 4.78 is 37.8. The minimum Gasteiger partial charge on any atom is -0.359 e. The van der Waals surface area contributed by atoms with Gasteiger partial charge in [0, 0.05) is 12.1 Å². The van der Waals surface area contributed by atoms with Crippen molar-refractivity contribution in [2.75, 3.05) is 11.4 Å². The number of halogens is 4. The Morgan fingerprint density at radius 1 is 1.26 bits per heavy atom. The standard InChI is InChI=1S/C13H18ClF3N2/c1-8(2)19(7-13(15,16)17)12-5-4-10(9(3)18)6-11(12)14/h4-6,8-9H,7,18H2,1-3H3/t9-/m1/s1. The predicted octanol–water partition coefficient (Wildman–Crippen LogP) is 4.14. The minimum atomic E-state index is -4.27. The molecule has 1 atom stereocenters. The summed E-state index contributed by atoms with van der Waals surface area (Å²) in [6.45, 7) is 4.16. The Balaban J connectivity index is 3.10. The van der Waals surface area contributed by atoms with Gasteiger partial charge in [-0.1, -0.05) is 17.7 Å². The minimum absolute atomic E-state index is 0.207.